The van der Waals surface area contributed by atoms with Gasteiger partial charge in [0.05, 0.1) is 19.2 Å². The number of carboxylic acids is 1. The minimum Gasteiger partial charge on any atom is -0.493 e. The molecule has 4 rings (SSSR count). The van der Waals surface area contributed by atoms with Crippen molar-refractivity contribution in [2.45, 2.75) is 13.2 Å². The minimum absolute atomic E-state index is 0.0561. The minimum atomic E-state index is -1.00. The lowest BCUT2D eigenvalue weighted by molar-refractivity contribution is -0.123. The highest BCUT2D eigenvalue weighted by atomic mass is 19.1. The van der Waals surface area contributed by atoms with Gasteiger partial charge in [-0.3, -0.25) is 9.69 Å². The van der Waals surface area contributed by atoms with Crippen molar-refractivity contribution in [3.05, 3.63) is 100 Å². The Labute approximate surface area is 200 Å². The van der Waals surface area contributed by atoms with Gasteiger partial charge in [-0.25, -0.2) is 14.0 Å². The van der Waals surface area contributed by atoms with Crippen LogP contribution in [-0.2, 0) is 17.9 Å². The highest BCUT2D eigenvalue weighted by Crippen LogP contribution is 2.30. The van der Waals surface area contributed by atoms with Gasteiger partial charge in [0.25, 0.3) is 5.91 Å². The lowest BCUT2D eigenvalue weighted by Crippen LogP contribution is -2.30. The molecule has 1 saturated heterocycles. The molecule has 0 radical (unpaired) electrons. The molecule has 8 nitrogen and oxygen atoms in total. The number of carbonyl (C=O) groups excluding carboxylic acids is 2. The van der Waals surface area contributed by atoms with Crippen LogP contribution in [0, 0.1) is 5.82 Å². The van der Waals surface area contributed by atoms with E-state index in [-0.39, 0.29) is 30.0 Å². The quantitative estimate of drug-likeness (QED) is 0.373. The zero-order valence-corrected chi connectivity index (χ0v) is 18.7. The molecule has 1 fully saturated rings. The fourth-order valence-corrected chi connectivity index (χ4v) is 3.48. The van der Waals surface area contributed by atoms with Gasteiger partial charge in [0, 0.05) is 5.56 Å². The number of ether oxygens (including phenoxy) is 2. The molecule has 0 spiro atoms. The second-order valence-electron chi connectivity index (χ2n) is 7.67. The van der Waals surface area contributed by atoms with Gasteiger partial charge in [-0.1, -0.05) is 36.4 Å². The number of amides is 3. The molecule has 0 aromatic heterocycles. The fraction of sp³-hybridized carbons (Fsp3) is 0.115. The zero-order chi connectivity index (χ0) is 24.9. The Bertz CT molecular complexity index is 1320. The SMILES string of the molecule is COc1cc(/C=C2\NC(=O)N(Cc3ccccc3F)C2=O)ccc1OCc1ccc(C(=O)O)cc1. The number of halogens is 1. The second kappa shape index (κ2) is 10.1. The number of hydrogen-bond donors (Lipinski definition) is 2. The van der Waals surface area contributed by atoms with Gasteiger partial charge in [0.15, 0.2) is 11.5 Å². The molecule has 1 aliphatic rings. The van der Waals surface area contributed by atoms with E-state index in [9.17, 15) is 18.8 Å². The summed E-state index contributed by atoms with van der Waals surface area (Å²) in [6, 6.07) is 16.6. The maximum absolute atomic E-state index is 13.9. The van der Waals surface area contributed by atoms with E-state index in [2.05, 4.69) is 5.32 Å². The molecule has 35 heavy (non-hydrogen) atoms. The smallest absolute Gasteiger partial charge is 0.335 e. The number of imide groups is 1. The topological polar surface area (TPSA) is 105 Å². The highest BCUT2D eigenvalue weighted by molar-refractivity contribution is 6.13. The van der Waals surface area contributed by atoms with Crippen molar-refractivity contribution >= 4 is 24.0 Å². The molecule has 0 saturated carbocycles. The van der Waals surface area contributed by atoms with E-state index in [0.29, 0.717) is 17.1 Å². The number of carbonyl (C=O) groups is 3. The third-order valence-corrected chi connectivity index (χ3v) is 5.34. The van der Waals surface area contributed by atoms with E-state index < -0.39 is 23.7 Å². The first-order valence-electron chi connectivity index (χ1n) is 10.6. The van der Waals surface area contributed by atoms with Gasteiger partial charge in [0.1, 0.15) is 18.1 Å². The second-order valence-corrected chi connectivity index (χ2v) is 7.67. The maximum atomic E-state index is 13.9. The van der Waals surface area contributed by atoms with Crippen molar-refractivity contribution in [3.8, 4) is 11.5 Å². The van der Waals surface area contributed by atoms with E-state index in [1.165, 1.54) is 43.5 Å². The maximum Gasteiger partial charge on any atom is 0.335 e. The summed E-state index contributed by atoms with van der Waals surface area (Å²) in [7, 11) is 1.47. The standard InChI is InChI=1S/C26H21FN2O6/c1-34-23-13-17(8-11-22(23)35-15-16-6-9-18(10-7-16)25(31)32)12-21-24(30)29(26(33)28-21)14-19-4-2-3-5-20(19)27/h2-13H,14-15H2,1H3,(H,28,33)(H,31,32)/b21-12-. The highest BCUT2D eigenvalue weighted by Gasteiger charge is 2.34. The predicted octanol–water partition coefficient (Wildman–Crippen LogP) is 4.20. The molecular weight excluding hydrogens is 455 g/mol. The summed E-state index contributed by atoms with van der Waals surface area (Å²) in [6.07, 6.45) is 1.50. The van der Waals surface area contributed by atoms with Crippen LogP contribution < -0.4 is 14.8 Å². The molecule has 1 aliphatic heterocycles. The van der Waals surface area contributed by atoms with Gasteiger partial charge in [-0.2, -0.15) is 0 Å². The van der Waals surface area contributed by atoms with Crippen molar-refractivity contribution < 1.29 is 33.4 Å². The lowest BCUT2D eigenvalue weighted by Gasteiger charge is -2.12. The van der Waals surface area contributed by atoms with Crippen molar-refractivity contribution in [1.82, 2.24) is 10.2 Å². The molecule has 2 N–H and O–H groups in total. The van der Waals surface area contributed by atoms with E-state index in [1.54, 1.807) is 36.4 Å². The third kappa shape index (κ3) is 5.30. The summed E-state index contributed by atoms with van der Waals surface area (Å²) < 4.78 is 25.1. The molecule has 0 aliphatic carbocycles. The van der Waals surface area contributed by atoms with E-state index in [4.69, 9.17) is 14.6 Å². The van der Waals surface area contributed by atoms with Crippen LogP contribution in [0.2, 0.25) is 0 Å². The number of aromatic carboxylic acids is 1. The van der Waals surface area contributed by atoms with Gasteiger partial charge in [0.2, 0.25) is 0 Å². The molecule has 0 bridgehead atoms. The zero-order valence-electron chi connectivity index (χ0n) is 18.7. The molecule has 178 valence electrons. The molecular formula is C26H21FN2O6. The summed E-state index contributed by atoms with van der Waals surface area (Å²) >= 11 is 0. The molecule has 0 atom stereocenters. The monoisotopic (exact) mass is 476 g/mol. The Balaban J connectivity index is 1.47. The third-order valence-electron chi connectivity index (χ3n) is 5.34. The Hall–Kier alpha value is -4.66. The van der Waals surface area contributed by atoms with Crippen LogP contribution in [0.3, 0.4) is 0 Å². The van der Waals surface area contributed by atoms with Crippen molar-refractivity contribution in [2.75, 3.05) is 7.11 Å². The molecule has 1 heterocycles. The van der Waals surface area contributed by atoms with Crippen LogP contribution in [0.1, 0.15) is 27.0 Å². The van der Waals surface area contributed by atoms with Gasteiger partial charge < -0.3 is 19.9 Å². The van der Waals surface area contributed by atoms with Gasteiger partial charge >= 0.3 is 12.0 Å². The van der Waals surface area contributed by atoms with Crippen molar-refractivity contribution in [1.29, 1.82) is 0 Å². The summed E-state index contributed by atoms with van der Waals surface area (Å²) in [4.78, 5) is 37.0. The summed E-state index contributed by atoms with van der Waals surface area (Å²) in [5, 5.41) is 11.5. The Kier molecular flexibility index (Phi) is 6.77. The summed E-state index contributed by atoms with van der Waals surface area (Å²) in [5.74, 6) is -1.22. The number of benzene rings is 3. The number of rotatable bonds is 8. The molecule has 0 unspecified atom stereocenters. The number of hydrogen-bond acceptors (Lipinski definition) is 5. The van der Waals surface area contributed by atoms with Crippen LogP contribution in [0.4, 0.5) is 9.18 Å². The summed E-state index contributed by atoms with van der Waals surface area (Å²) in [5.41, 5.74) is 1.83. The first-order chi connectivity index (χ1) is 16.9. The van der Waals surface area contributed by atoms with Crippen LogP contribution in [0.5, 0.6) is 11.5 Å². The largest absolute Gasteiger partial charge is 0.493 e. The number of urea groups is 1. The molecule has 9 heteroatoms. The van der Waals surface area contributed by atoms with E-state index in [1.807, 2.05) is 0 Å². The van der Waals surface area contributed by atoms with Crippen molar-refractivity contribution in [2.24, 2.45) is 0 Å². The van der Waals surface area contributed by atoms with Crippen LogP contribution in [0.15, 0.2) is 72.4 Å². The number of nitrogens with one attached hydrogen (secondary N) is 1. The van der Waals surface area contributed by atoms with Crippen LogP contribution in [0.25, 0.3) is 6.08 Å². The van der Waals surface area contributed by atoms with Gasteiger partial charge in [-0.05, 0) is 47.5 Å². The fourth-order valence-electron chi connectivity index (χ4n) is 3.48. The Morgan fingerprint density at radius 3 is 2.49 bits per heavy atom. The average Bonchev–Trinajstić information content (AvgIpc) is 3.11. The molecule has 3 aromatic carbocycles. The number of nitrogens with zero attached hydrogens (tertiary/aromatic N) is 1. The number of carboxylic acid groups (broad SMARTS) is 1. The lowest BCUT2D eigenvalue weighted by atomic mass is 10.1. The molecule has 3 aromatic rings. The first-order valence-corrected chi connectivity index (χ1v) is 10.6. The normalized spacial score (nSPS) is 14.2. The number of methoxy groups -OCH3 is 1. The van der Waals surface area contributed by atoms with Crippen LogP contribution in [-0.4, -0.2) is 35.0 Å². The van der Waals surface area contributed by atoms with E-state index in [0.717, 1.165) is 10.5 Å². The van der Waals surface area contributed by atoms with Gasteiger partial charge in [-0.15, -0.1) is 0 Å². The Morgan fingerprint density at radius 1 is 1.06 bits per heavy atom. The predicted molar refractivity (Wildman–Crippen MR) is 124 cm³/mol. The summed E-state index contributed by atoms with van der Waals surface area (Å²) in [6.45, 7) is 0.00840. The average molecular weight is 476 g/mol. The first kappa shape index (κ1) is 23.5. The Morgan fingerprint density at radius 2 is 1.80 bits per heavy atom. The van der Waals surface area contributed by atoms with E-state index >= 15 is 0 Å². The molecule has 3 amide bonds. The van der Waals surface area contributed by atoms with Crippen molar-refractivity contribution in [3.63, 3.8) is 0 Å². The van der Waals surface area contributed by atoms with Crippen LogP contribution >= 0.6 is 0 Å².